The summed E-state index contributed by atoms with van der Waals surface area (Å²) >= 11 is 0. The zero-order valence-electron chi connectivity index (χ0n) is 21.5. The molecule has 2 fully saturated rings. The molecule has 2 amide bonds. The van der Waals surface area contributed by atoms with Crippen LogP contribution >= 0.6 is 0 Å². The van der Waals surface area contributed by atoms with Gasteiger partial charge in [-0.2, -0.15) is 0 Å². The maximum atomic E-state index is 14.7. The first kappa shape index (κ1) is 24.1. The predicted octanol–water partition coefficient (Wildman–Crippen LogP) is 3.65. The molecule has 7 heteroatoms. The molecule has 2 heterocycles. The summed E-state index contributed by atoms with van der Waals surface area (Å²) < 4.78 is 14.7. The van der Waals surface area contributed by atoms with Crippen LogP contribution < -0.4 is 4.90 Å². The predicted molar refractivity (Wildman–Crippen MR) is 139 cm³/mol. The zero-order chi connectivity index (χ0) is 24.7. The van der Waals surface area contributed by atoms with E-state index in [1.165, 1.54) is 16.8 Å². The summed E-state index contributed by atoms with van der Waals surface area (Å²) in [5.74, 6) is 0.344. The molecule has 3 aliphatic rings. The Bertz CT molecular complexity index is 1050. The number of carbonyl (C=O) groups excluding carboxylic acids is 1. The Hall–Kier alpha value is -2.64. The Kier molecular flexibility index (Phi) is 6.73. The molecule has 2 aliphatic heterocycles. The summed E-state index contributed by atoms with van der Waals surface area (Å²) in [4.78, 5) is 23.0. The van der Waals surface area contributed by atoms with Gasteiger partial charge in [-0.25, -0.2) is 9.18 Å². The third-order valence-corrected chi connectivity index (χ3v) is 8.20. The van der Waals surface area contributed by atoms with Gasteiger partial charge in [0.1, 0.15) is 5.82 Å². The first-order chi connectivity index (χ1) is 16.8. The van der Waals surface area contributed by atoms with Gasteiger partial charge in [-0.15, -0.1) is 0 Å². The van der Waals surface area contributed by atoms with Gasteiger partial charge in [-0.3, -0.25) is 4.90 Å². The number of carbonyl (C=O) groups is 1. The van der Waals surface area contributed by atoms with Gasteiger partial charge in [0, 0.05) is 82.6 Å². The maximum absolute atomic E-state index is 14.7. The van der Waals surface area contributed by atoms with E-state index in [1.807, 2.05) is 11.0 Å². The van der Waals surface area contributed by atoms with Crippen LogP contribution in [0.25, 0.3) is 0 Å². The Morgan fingerprint density at radius 3 is 2.31 bits per heavy atom. The zero-order valence-corrected chi connectivity index (χ0v) is 21.5. The molecule has 1 unspecified atom stereocenters. The maximum Gasteiger partial charge on any atom is 0.319 e. The van der Waals surface area contributed by atoms with E-state index in [2.05, 4.69) is 59.1 Å². The summed E-state index contributed by atoms with van der Waals surface area (Å²) in [5.41, 5.74) is 4.67. The van der Waals surface area contributed by atoms with E-state index in [-0.39, 0.29) is 17.9 Å². The van der Waals surface area contributed by atoms with Crippen LogP contribution in [0, 0.1) is 5.82 Å². The quantitative estimate of drug-likeness (QED) is 0.671. The number of hydrogen-bond acceptors (Lipinski definition) is 4. The van der Waals surface area contributed by atoms with Crippen LogP contribution in [0.2, 0.25) is 0 Å². The monoisotopic (exact) mass is 479 g/mol. The number of hydrogen-bond donors (Lipinski definition) is 0. The second-order valence-electron chi connectivity index (χ2n) is 10.7. The number of nitrogens with zero attached hydrogens (tertiary/aromatic N) is 5. The minimum Gasteiger partial charge on any atom is -0.368 e. The molecule has 2 aromatic carbocycles. The van der Waals surface area contributed by atoms with Crippen LogP contribution in [0.5, 0.6) is 0 Å². The number of amides is 2. The SMILES string of the molecule is CN(C)C(=O)N1CCN(c2ccc([C@H]3CN(C4CCc5cccc(F)c54)C[C@@H]3N(C)C)cc2)CC1. The van der Waals surface area contributed by atoms with Gasteiger partial charge < -0.3 is 19.6 Å². The summed E-state index contributed by atoms with van der Waals surface area (Å²) in [5, 5.41) is 0. The second kappa shape index (κ2) is 9.78. The van der Waals surface area contributed by atoms with E-state index in [0.29, 0.717) is 12.0 Å². The standard InChI is InChI=1S/C28H38FN5O/c1-30(2)26-19-34(25-13-10-21-6-5-7-24(29)27(21)25)18-23(26)20-8-11-22(12-9-20)32-14-16-33(17-15-32)28(35)31(3)4/h5-9,11-12,23,25-26H,10,13-19H2,1-4H3/t23-,25?,26+/m1/s1. The average molecular weight is 480 g/mol. The highest BCUT2D eigenvalue weighted by Crippen LogP contribution is 2.42. The molecular weight excluding hydrogens is 441 g/mol. The van der Waals surface area contributed by atoms with Crippen molar-refractivity contribution < 1.29 is 9.18 Å². The number of anilines is 1. The van der Waals surface area contributed by atoms with Gasteiger partial charge >= 0.3 is 6.03 Å². The van der Waals surface area contributed by atoms with Crippen molar-refractivity contribution in [2.45, 2.75) is 30.8 Å². The van der Waals surface area contributed by atoms with Crippen molar-refractivity contribution in [1.29, 1.82) is 0 Å². The van der Waals surface area contributed by atoms with Gasteiger partial charge in [0.25, 0.3) is 0 Å². The van der Waals surface area contributed by atoms with Crippen molar-refractivity contribution in [2.24, 2.45) is 0 Å². The Balaban J connectivity index is 1.28. The van der Waals surface area contributed by atoms with E-state index in [4.69, 9.17) is 0 Å². The van der Waals surface area contributed by atoms with E-state index in [0.717, 1.165) is 57.7 Å². The van der Waals surface area contributed by atoms with Gasteiger partial charge in [0.05, 0.1) is 0 Å². The van der Waals surface area contributed by atoms with E-state index >= 15 is 0 Å². The summed E-state index contributed by atoms with van der Waals surface area (Å²) in [6.45, 7) is 5.11. The Morgan fingerprint density at radius 1 is 0.943 bits per heavy atom. The number of likely N-dealkylation sites (N-methyl/N-ethyl adjacent to an activating group) is 1. The molecule has 0 spiro atoms. The van der Waals surface area contributed by atoms with Crippen molar-refractivity contribution in [3.63, 3.8) is 0 Å². The van der Waals surface area contributed by atoms with Gasteiger partial charge in [-0.1, -0.05) is 24.3 Å². The lowest BCUT2D eigenvalue weighted by Gasteiger charge is -2.37. The molecule has 5 rings (SSSR count). The summed E-state index contributed by atoms with van der Waals surface area (Å²) in [6.07, 6.45) is 1.97. The lowest BCUT2D eigenvalue weighted by atomic mass is 9.93. The highest BCUT2D eigenvalue weighted by molar-refractivity contribution is 5.74. The van der Waals surface area contributed by atoms with Crippen molar-refractivity contribution in [2.75, 3.05) is 72.4 Å². The fraction of sp³-hybridized carbons (Fsp3) is 0.536. The van der Waals surface area contributed by atoms with Gasteiger partial charge in [0.15, 0.2) is 0 Å². The number of urea groups is 1. The van der Waals surface area contributed by atoms with Crippen LogP contribution in [0.3, 0.4) is 0 Å². The van der Waals surface area contributed by atoms with Crippen molar-refractivity contribution in [3.05, 3.63) is 65.0 Å². The number of halogens is 1. The largest absolute Gasteiger partial charge is 0.368 e. The molecule has 2 saturated heterocycles. The average Bonchev–Trinajstić information content (AvgIpc) is 3.49. The Morgan fingerprint density at radius 2 is 1.66 bits per heavy atom. The van der Waals surface area contributed by atoms with Crippen LogP contribution in [-0.2, 0) is 6.42 Å². The third kappa shape index (κ3) is 4.64. The van der Waals surface area contributed by atoms with Crippen LogP contribution in [-0.4, -0.2) is 99.1 Å². The number of aryl methyl sites for hydroxylation is 1. The van der Waals surface area contributed by atoms with Crippen LogP contribution in [0.4, 0.5) is 14.9 Å². The molecule has 6 nitrogen and oxygen atoms in total. The minimum atomic E-state index is -0.0495. The second-order valence-corrected chi connectivity index (χ2v) is 10.7. The molecule has 0 radical (unpaired) electrons. The lowest BCUT2D eigenvalue weighted by molar-refractivity contribution is 0.168. The van der Waals surface area contributed by atoms with Crippen molar-refractivity contribution >= 4 is 11.7 Å². The smallest absolute Gasteiger partial charge is 0.319 e. The van der Waals surface area contributed by atoms with E-state index in [9.17, 15) is 9.18 Å². The topological polar surface area (TPSA) is 33.3 Å². The third-order valence-electron chi connectivity index (χ3n) is 8.20. The number of piperazine rings is 1. The van der Waals surface area contributed by atoms with Crippen LogP contribution in [0.1, 0.15) is 35.1 Å². The lowest BCUT2D eigenvalue weighted by Crippen LogP contribution is -2.51. The summed E-state index contributed by atoms with van der Waals surface area (Å²) in [6, 6.07) is 15.2. The van der Waals surface area contributed by atoms with E-state index in [1.54, 1.807) is 25.1 Å². The highest BCUT2D eigenvalue weighted by atomic mass is 19.1. The number of rotatable bonds is 4. The molecule has 188 valence electrons. The minimum absolute atomic E-state index is 0.0495. The fourth-order valence-corrected chi connectivity index (χ4v) is 6.27. The Labute approximate surface area is 208 Å². The summed E-state index contributed by atoms with van der Waals surface area (Å²) in [7, 11) is 7.93. The highest BCUT2D eigenvalue weighted by Gasteiger charge is 2.41. The molecule has 0 saturated carbocycles. The molecule has 2 aromatic rings. The number of benzene rings is 2. The van der Waals surface area contributed by atoms with Crippen molar-refractivity contribution in [1.82, 2.24) is 19.6 Å². The molecule has 0 bridgehead atoms. The fourth-order valence-electron chi connectivity index (χ4n) is 6.27. The van der Waals surface area contributed by atoms with E-state index < -0.39 is 0 Å². The van der Waals surface area contributed by atoms with Crippen LogP contribution in [0.15, 0.2) is 42.5 Å². The molecule has 1 aliphatic carbocycles. The first-order valence-corrected chi connectivity index (χ1v) is 12.8. The normalized spacial score (nSPS) is 24.8. The molecule has 0 aromatic heterocycles. The first-order valence-electron chi connectivity index (χ1n) is 12.8. The molecule has 0 N–H and O–H groups in total. The molecule has 35 heavy (non-hydrogen) atoms. The molecule has 3 atom stereocenters. The van der Waals surface area contributed by atoms with Gasteiger partial charge in [-0.05, 0) is 56.3 Å². The van der Waals surface area contributed by atoms with Gasteiger partial charge in [0.2, 0.25) is 0 Å². The number of likely N-dealkylation sites (tertiary alicyclic amines) is 1. The van der Waals surface area contributed by atoms with Crippen molar-refractivity contribution in [3.8, 4) is 0 Å². The molecular formula is C28H38FN5O. The number of fused-ring (bicyclic) bond motifs is 1.